The normalized spacial score (nSPS) is 10.5. The molecule has 0 aliphatic heterocycles. The minimum atomic E-state index is 0.304. The fraction of sp³-hybridized carbons (Fsp3) is 0.333. The first-order valence-corrected chi connectivity index (χ1v) is 5.50. The monoisotopic (exact) mass is 232 g/mol. The van der Waals surface area contributed by atoms with Gasteiger partial charge < -0.3 is 10.5 Å². The van der Waals surface area contributed by atoms with Crippen molar-refractivity contribution in [3.63, 3.8) is 0 Å². The maximum atomic E-state index is 5.61. The Morgan fingerprint density at radius 2 is 2.00 bits per heavy atom. The van der Waals surface area contributed by atoms with E-state index in [0.29, 0.717) is 19.0 Å². The lowest BCUT2D eigenvalue weighted by Crippen LogP contribution is -2.07. The Balaban J connectivity index is 1.87. The molecule has 0 saturated carbocycles. The summed E-state index contributed by atoms with van der Waals surface area (Å²) < 4.78 is 7.28. The van der Waals surface area contributed by atoms with E-state index in [4.69, 9.17) is 10.5 Å². The first-order chi connectivity index (χ1) is 8.15. The van der Waals surface area contributed by atoms with Crippen LogP contribution in [-0.2, 0) is 13.5 Å². The van der Waals surface area contributed by atoms with Gasteiger partial charge in [-0.2, -0.15) is 4.98 Å². The summed E-state index contributed by atoms with van der Waals surface area (Å²) in [5.41, 5.74) is 6.72. The molecule has 0 atom stereocenters. The van der Waals surface area contributed by atoms with E-state index in [2.05, 4.69) is 10.1 Å². The second kappa shape index (κ2) is 4.86. The predicted molar refractivity (Wildman–Crippen MR) is 65.8 cm³/mol. The van der Waals surface area contributed by atoms with Crippen LogP contribution in [0.1, 0.15) is 11.4 Å². The lowest BCUT2D eigenvalue weighted by atomic mass is 10.2. The first-order valence-electron chi connectivity index (χ1n) is 5.50. The van der Waals surface area contributed by atoms with Crippen LogP contribution < -0.4 is 10.5 Å². The molecule has 2 aromatic rings. The SMILES string of the molecule is Cc1ccc(OCCc2nc(N)nn2C)cc1. The highest BCUT2D eigenvalue weighted by atomic mass is 16.5. The van der Waals surface area contributed by atoms with Crippen molar-refractivity contribution in [2.45, 2.75) is 13.3 Å². The number of hydrogen-bond donors (Lipinski definition) is 1. The Morgan fingerprint density at radius 1 is 1.29 bits per heavy atom. The van der Waals surface area contributed by atoms with Crippen LogP contribution in [0.5, 0.6) is 5.75 Å². The van der Waals surface area contributed by atoms with Gasteiger partial charge in [-0.3, -0.25) is 4.68 Å². The van der Waals surface area contributed by atoms with Gasteiger partial charge in [-0.25, -0.2) is 0 Å². The van der Waals surface area contributed by atoms with Gasteiger partial charge in [0.2, 0.25) is 5.95 Å². The van der Waals surface area contributed by atoms with E-state index in [1.807, 2.05) is 38.2 Å². The topological polar surface area (TPSA) is 66.0 Å². The molecule has 0 unspecified atom stereocenters. The molecule has 0 radical (unpaired) electrons. The minimum Gasteiger partial charge on any atom is -0.493 e. The van der Waals surface area contributed by atoms with Crippen molar-refractivity contribution in [2.24, 2.45) is 7.05 Å². The van der Waals surface area contributed by atoms with Gasteiger partial charge in [0, 0.05) is 13.5 Å². The van der Waals surface area contributed by atoms with Gasteiger partial charge in [0.05, 0.1) is 6.61 Å². The van der Waals surface area contributed by atoms with Gasteiger partial charge in [0.25, 0.3) is 0 Å². The van der Waals surface area contributed by atoms with Crippen molar-refractivity contribution in [3.05, 3.63) is 35.7 Å². The molecule has 0 aliphatic rings. The van der Waals surface area contributed by atoms with Crippen molar-refractivity contribution < 1.29 is 4.74 Å². The molecular formula is C12H16N4O. The summed E-state index contributed by atoms with van der Waals surface area (Å²) in [7, 11) is 1.82. The summed E-state index contributed by atoms with van der Waals surface area (Å²) in [6.07, 6.45) is 0.689. The van der Waals surface area contributed by atoms with Crippen molar-refractivity contribution in [2.75, 3.05) is 12.3 Å². The highest BCUT2D eigenvalue weighted by Crippen LogP contribution is 2.11. The zero-order chi connectivity index (χ0) is 12.3. The van der Waals surface area contributed by atoms with E-state index in [1.54, 1.807) is 4.68 Å². The van der Waals surface area contributed by atoms with Crippen molar-refractivity contribution >= 4 is 5.95 Å². The summed E-state index contributed by atoms with van der Waals surface area (Å²) in [5, 5.41) is 3.98. The third kappa shape index (κ3) is 2.96. The average Bonchev–Trinajstić information content (AvgIpc) is 2.60. The molecule has 0 spiro atoms. The number of hydrogen-bond acceptors (Lipinski definition) is 4. The molecule has 1 heterocycles. The molecular weight excluding hydrogens is 216 g/mol. The number of nitrogens with two attached hydrogens (primary N) is 1. The van der Waals surface area contributed by atoms with Crippen LogP contribution in [0.3, 0.4) is 0 Å². The molecule has 1 aromatic carbocycles. The maximum Gasteiger partial charge on any atom is 0.239 e. The van der Waals surface area contributed by atoms with E-state index >= 15 is 0 Å². The molecule has 0 amide bonds. The zero-order valence-electron chi connectivity index (χ0n) is 10.1. The third-order valence-corrected chi connectivity index (χ3v) is 2.48. The van der Waals surface area contributed by atoms with Crippen LogP contribution in [0.25, 0.3) is 0 Å². The summed E-state index contributed by atoms with van der Waals surface area (Å²) in [5.74, 6) is 2.00. The molecule has 2 N–H and O–H groups in total. The first kappa shape index (κ1) is 11.4. The van der Waals surface area contributed by atoms with Gasteiger partial charge in [0.15, 0.2) is 0 Å². The lowest BCUT2D eigenvalue weighted by Gasteiger charge is -2.05. The van der Waals surface area contributed by atoms with E-state index in [0.717, 1.165) is 11.6 Å². The number of anilines is 1. The second-order valence-electron chi connectivity index (χ2n) is 3.92. The van der Waals surface area contributed by atoms with Crippen LogP contribution in [0.15, 0.2) is 24.3 Å². The molecule has 0 bridgehead atoms. The molecule has 5 heteroatoms. The molecule has 17 heavy (non-hydrogen) atoms. The van der Waals surface area contributed by atoms with Crippen molar-refractivity contribution in [1.29, 1.82) is 0 Å². The molecule has 0 saturated heterocycles. The fourth-order valence-corrected chi connectivity index (χ4v) is 1.55. The molecule has 1 aromatic heterocycles. The second-order valence-corrected chi connectivity index (χ2v) is 3.92. The van der Waals surface area contributed by atoms with Gasteiger partial charge in [-0.05, 0) is 19.1 Å². The minimum absolute atomic E-state index is 0.304. The fourth-order valence-electron chi connectivity index (χ4n) is 1.55. The molecule has 0 aliphatic carbocycles. The Kier molecular flexibility index (Phi) is 3.27. The number of aromatic nitrogens is 3. The number of ether oxygens (including phenoxy) is 1. The summed E-state index contributed by atoms with van der Waals surface area (Å²) in [6, 6.07) is 7.96. The molecule has 2 rings (SSSR count). The highest BCUT2D eigenvalue weighted by molar-refractivity contribution is 5.26. The van der Waals surface area contributed by atoms with Gasteiger partial charge in [0.1, 0.15) is 11.6 Å². The summed E-state index contributed by atoms with van der Waals surface area (Å²) in [6.45, 7) is 2.61. The smallest absolute Gasteiger partial charge is 0.239 e. The van der Waals surface area contributed by atoms with Crippen LogP contribution in [0, 0.1) is 6.92 Å². The lowest BCUT2D eigenvalue weighted by molar-refractivity contribution is 0.317. The number of aryl methyl sites for hydroxylation is 2. The predicted octanol–water partition coefficient (Wildman–Crippen LogP) is 1.33. The van der Waals surface area contributed by atoms with E-state index in [1.165, 1.54) is 5.56 Å². The molecule has 90 valence electrons. The Bertz CT molecular complexity index is 490. The summed E-state index contributed by atoms with van der Waals surface area (Å²) >= 11 is 0. The Morgan fingerprint density at radius 3 is 2.59 bits per heavy atom. The molecule has 0 fully saturated rings. The highest BCUT2D eigenvalue weighted by Gasteiger charge is 2.04. The van der Waals surface area contributed by atoms with Crippen LogP contribution >= 0.6 is 0 Å². The van der Waals surface area contributed by atoms with E-state index in [-0.39, 0.29) is 0 Å². The quantitative estimate of drug-likeness (QED) is 0.863. The number of nitrogen functional groups attached to an aromatic ring is 1. The maximum absolute atomic E-state index is 5.61. The number of nitrogens with zero attached hydrogens (tertiary/aromatic N) is 3. The number of rotatable bonds is 4. The van der Waals surface area contributed by atoms with Crippen LogP contribution in [0.4, 0.5) is 5.95 Å². The van der Waals surface area contributed by atoms with Crippen LogP contribution in [-0.4, -0.2) is 21.4 Å². The number of benzene rings is 1. The van der Waals surface area contributed by atoms with Gasteiger partial charge >= 0.3 is 0 Å². The largest absolute Gasteiger partial charge is 0.493 e. The van der Waals surface area contributed by atoms with E-state index < -0.39 is 0 Å². The van der Waals surface area contributed by atoms with Crippen LogP contribution in [0.2, 0.25) is 0 Å². The molecule has 5 nitrogen and oxygen atoms in total. The Labute approximate surface area is 100 Å². The van der Waals surface area contributed by atoms with E-state index in [9.17, 15) is 0 Å². The third-order valence-electron chi connectivity index (χ3n) is 2.48. The standard InChI is InChI=1S/C12H16N4O/c1-9-3-5-10(6-4-9)17-8-7-11-14-12(13)15-16(11)2/h3-6H,7-8H2,1-2H3,(H2,13,15). The average molecular weight is 232 g/mol. The zero-order valence-corrected chi connectivity index (χ0v) is 10.1. The van der Waals surface area contributed by atoms with Crippen molar-refractivity contribution in [1.82, 2.24) is 14.8 Å². The Hall–Kier alpha value is -2.04. The van der Waals surface area contributed by atoms with Gasteiger partial charge in [-0.15, -0.1) is 5.10 Å². The van der Waals surface area contributed by atoms with Crippen molar-refractivity contribution in [3.8, 4) is 5.75 Å². The summed E-state index contributed by atoms with van der Waals surface area (Å²) in [4.78, 5) is 4.11. The van der Waals surface area contributed by atoms with Gasteiger partial charge in [-0.1, -0.05) is 17.7 Å².